The monoisotopic (exact) mass is 258 g/mol. The molecule has 3 aromatic rings. The topological polar surface area (TPSA) is 70.7 Å². The van der Waals surface area contributed by atoms with Crippen molar-refractivity contribution in [3.8, 4) is 0 Å². The van der Waals surface area contributed by atoms with Gasteiger partial charge >= 0.3 is 0 Å². The smallest absolute Gasteiger partial charge is 0.230 e. The third-order valence-electron chi connectivity index (χ3n) is 2.55. The third kappa shape index (κ3) is 2.23. The van der Waals surface area contributed by atoms with Crippen LogP contribution in [0.2, 0.25) is 0 Å². The van der Waals surface area contributed by atoms with Crippen molar-refractivity contribution in [1.82, 2.24) is 15.2 Å². The van der Waals surface area contributed by atoms with Crippen LogP contribution in [-0.2, 0) is 11.2 Å². The Kier molecular flexibility index (Phi) is 2.77. The fourth-order valence-corrected chi connectivity index (χ4v) is 2.27. The van der Waals surface area contributed by atoms with Crippen LogP contribution in [-0.4, -0.2) is 21.1 Å². The van der Waals surface area contributed by atoms with Crippen molar-refractivity contribution < 1.29 is 4.79 Å². The minimum atomic E-state index is -0.0660. The molecule has 2 N–H and O–H groups in total. The van der Waals surface area contributed by atoms with Gasteiger partial charge in [-0.15, -0.1) is 11.3 Å². The van der Waals surface area contributed by atoms with E-state index in [0.717, 1.165) is 22.3 Å². The van der Waals surface area contributed by atoms with Crippen LogP contribution in [0.1, 0.15) is 5.69 Å². The lowest BCUT2D eigenvalue weighted by Crippen LogP contribution is -2.14. The first-order valence-electron chi connectivity index (χ1n) is 5.41. The molecule has 0 radical (unpaired) electrons. The highest BCUT2D eigenvalue weighted by atomic mass is 32.1. The van der Waals surface area contributed by atoms with E-state index < -0.39 is 0 Å². The highest BCUT2D eigenvalue weighted by Crippen LogP contribution is 2.16. The highest BCUT2D eigenvalue weighted by molar-refractivity contribution is 7.07. The summed E-state index contributed by atoms with van der Waals surface area (Å²) in [5.74, 6) is -0.0660. The Hall–Kier alpha value is -2.21. The van der Waals surface area contributed by atoms with Gasteiger partial charge in [0.05, 0.1) is 29.3 Å². The van der Waals surface area contributed by atoms with Gasteiger partial charge in [-0.1, -0.05) is 0 Å². The van der Waals surface area contributed by atoms with Gasteiger partial charge in [-0.05, 0) is 18.2 Å². The number of hydrogen-bond acceptors (Lipinski definition) is 4. The van der Waals surface area contributed by atoms with Gasteiger partial charge in [0.2, 0.25) is 5.91 Å². The molecule has 0 atom stereocenters. The number of aromatic amines is 1. The SMILES string of the molecule is O=C(Cc1cscn1)Nc1ccc2[nH]ncc2c1. The summed E-state index contributed by atoms with van der Waals surface area (Å²) in [5.41, 5.74) is 4.23. The summed E-state index contributed by atoms with van der Waals surface area (Å²) in [5, 5.41) is 12.5. The number of fused-ring (bicyclic) bond motifs is 1. The van der Waals surface area contributed by atoms with E-state index in [1.165, 1.54) is 11.3 Å². The lowest BCUT2D eigenvalue weighted by molar-refractivity contribution is -0.115. The summed E-state index contributed by atoms with van der Waals surface area (Å²) in [6.45, 7) is 0. The molecule has 6 heteroatoms. The van der Waals surface area contributed by atoms with Crippen molar-refractivity contribution in [3.05, 3.63) is 41.0 Å². The molecule has 5 nitrogen and oxygen atoms in total. The Bertz CT molecular complexity index is 674. The molecule has 0 aliphatic carbocycles. The molecule has 0 unspecified atom stereocenters. The summed E-state index contributed by atoms with van der Waals surface area (Å²) < 4.78 is 0. The van der Waals surface area contributed by atoms with Gasteiger partial charge in [0.25, 0.3) is 0 Å². The molecule has 0 aliphatic rings. The number of carbonyl (C=O) groups excluding carboxylic acids is 1. The van der Waals surface area contributed by atoms with Crippen LogP contribution in [0.25, 0.3) is 10.9 Å². The van der Waals surface area contributed by atoms with Crippen LogP contribution < -0.4 is 5.32 Å². The second kappa shape index (κ2) is 4.58. The second-order valence-electron chi connectivity index (χ2n) is 3.88. The zero-order chi connectivity index (χ0) is 12.4. The average molecular weight is 258 g/mol. The summed E-state index contributed by atoms with van der Waals surface area (Å²) in [6.07, 6.45) is 2.03. The van der Waals surface area contributed by atoms with Gasteiger partial charge in [-0.25, -0.2) is 4.98 Å². The van der Waals surface area contributed by atoms with Crippen LogP contribution in [0.3, 0.4) is 0 Å². The normalized spacial score (nSPS) is 10.7. The Balaban J connectivity index is 1.73. The van der Waals surface area contributed by atoms with Crippen LogP contribution in [0, 0.1) is 0 Å². The number of aromatic nitrogens is 3. The molecule has 0 spiro atoms. The van der Waals surface area contributed by atoms with Crippen LogP contribution in [0.15, 0.2) is 35.3 Å². The molecule has 0 fully saturated rings. The predicted octanol–water partition coefficient (Wildman–Crippen LogP) is 2.20. The van der Waals surface area contributed by atoms with E-state index in [0.29, 0.717) is 6.42 Å². The molecule has 2 aromatic heterocycles. The number of amides is 1. The van der Waals surface area contributed by atoms with Crippen LogP contribution in [0.4, 0.5) is 5.69 Å². The molecular formula is C12H10N4OS. The minimum Gasteiger partial charge on any atom is -0.326 e. The Morgan fingerprint density at radius 3 is 3.22 bits per heavy atom. The van der Waals surface area contributed by atoms with E-state index in [-0.39, 0.29) is 5.91 Å². The van der Waals surface area contributed by atoms with Gasteiger partial charge in [-0.3, -0.25) is 9.89 Å². The first-order valence-corrected chi connectivity index (χ1v) is 6.35. The first kappa shape index (κ1) is 10.9. The number of nitrogens with one attached hydrogen (secondary N) is 2. The molecule has 90 valence electrons. The van der Waals surface area contributed by atoms with Crippen molar-refractivity contribution in [2.75, 3.05) is 5.32 Å². The second-order valence-corrected chi connectivity index (χ2v) is 4.60. The molecule has 1 amide bonds. The molecule has 2 heterocycles. The number of anilines is 1. The Morgan fingerprint density at radius 1 is 1.44 bits per heavy atom. The van der Waals surface area contributed by atoms with Gasteiger partial charge in [-0.2, -0.15) is 5.10 Å². The molecule has 18 heavy (non-hydrogen) atoms. The van der Waals surface area contributed by atoms with Gasteiger partial charge in [0, 0.05) is 16.5 Å². The standard InChI is InChI=1S/C12H10N4OS/c17-12(4-10-6-18-7-13-10)15-9-1-2-11-8(3-9)5-14-16-11/h1-3,5-7H,4H2,(H,14,16)(H,15,17). The van der Waals surface area contributed by atoms with Crippen LogP contribution >= 0.6 is 11.3 Å². The Labute approximate surface area is 107 Å². The highest BCUT2D eigenvalue weighted by Gasteiger charge is 2.06. The van der Waals surface area contributed by atoms with E-state index >= 15 is 0 Å². The lowest BCUT2D eigenvalue weighted by atomic mass is 10.2. The molecule has 0 saturated carbocycles. The van der Waals surface area contributed by atoms with Crippen molar-refractivity contribution in [2.45, 2.75) is 6.42 Å². The molecule has 1 aromatic carbocycles. The third-order valence-corrected chi connectivity index (χ3v) is 3.18. The number of rotatable bonds is 3. The summed E-state index contributed by atoms with van der Waals surface area (Å²) in [7, 11) is 0. The minimum absolute atomic E-state index is 0.0660. The number of thiazole rings is 1. The maximum atomic E-state index is 11.8. The van der Waals surface area contributed by atoms with Crippen LogP contribution in [0.5, 0.6) is 0 Å². The number of benzene rings is 1. The van der Waals surface area contributed by atoms with E-state index in [1.807, 2.05) is 23.6 Å². The van der Waals surface area contributed by atoms with Crippen molar-refractivity contribution in [2.24, 2.45) is 0 Å². The molecule has 0 bridgehead atoms. The first-order chi connectivity index (χ1) is 8.81. The predicted molar refractivity (Wildman–Crippen MR) is 70.5 cm³/mol. The summed E-state index contributed by atoms with van der Waals surface area (Å²) in [4.78, 5) is 15.9. The van der Waals surface area contributed by atoms with Crippen molar-refractivity contribution in [1.29, 1.82) is 0 Å². The van der Waals surface area contributed by atoms with E-state index in [9.17, 15) is 4.79 Å². The summed E-state index contributed by atoms with van der Waals surface area (Å²) in [6, 6.07) is 5.62. The van der Waals surface area contributed by atoms with Gasteiger partial charge in [0.15, 0.2) is 0 Å². The molecule has 0 saturated heterocycles. The number of H-pyrrole nitrogens is 1. The Morgan fingerprint density at radius 2 is 2.39 bits per heavy atom. The van der Waals surface area contributed by atoms with Crippen molar-refractivity contribution >= 4 is 33.8 Å². The molecule has 3 rings (SSSR count). The molecular weight excluding hydrogens is 248 g/mol. The number of hydrogen-bond donors (Lipinski definition) is 2. The van der Waals surface area contributed by atoms with E-state index in [4.69, 9.17) is 0 Å². The zero-order valence-electron chi connectivity index (χ0n) is 9.38. The maximum absolute atomic E-state index is 11.8. The number of carbonyl (C=O) groups is 1. The lowest BCUT2D eigenvalue weighted by Gasteiger charge is -2.03. The average Bonchev–Trinajstić information content (AvgIpc) is 2.98. The largest absolute Gasteiger partial charge is 0.326 e. The molecule has 0 aliphatic heterocycles. The van der Waals surface area contributed by atoms with E-state index in [1.54, 1.807) is 11.7 Å². The fourth-order valence-electron chi connectivity index (χ4n) is 1.71. The van der Waals surface area contributed by atoms with E-state index in [2.05, 4.69) is 20.5 Å². The van der Waals surface area contributed by atoms with Crippen molar-refractivity contribution in [3.63, 3.8) is 0 Å². The van der Waals surface area contributed by atoms with Gasteiger partial charge < -0.3 is 5.32 Å². The maximum Gasteiger partial charge on any atom is 0.230 e. The number of nitrogens with zero attached hydrogens (tertiary/aromatic N) is 2. The van der Waals surface area contributed by atoms with Gasteiger partial charge in [0.1, 0.15) is 0 Å². The quantitative estimate of drug-likeness (QED) is 0.756. The zero-order valence-corrected chi connectivity index (χ0v) is 10.2. The summed E-state index contributed by atoms with van der Waals surface area (Å²) >= 11 is 1.49. The fraction of sp³-hybridized carbons (Fsp3) is 0.0833.